The van der Waals surface area contributed by atoms with Crippen LogP contribution in [0.3, 0.4) is 0 Å². The van der Waals surface area contributed by atoms with Crippen LogP contribution < -0.4 is 5.32 Å². The summed E-state index contributed by atoms with van der Waals surface area (Å²) in [5.41, 5.74) is -0.276. The molecule has 0 saturated carbocycles. The second-order valence-electron chi connectivity index (χ2n) is 7.62. The molecule has 14 nitrogen and oxygen atoms in total. The van der Waals surface area contributed by atoms with Gasteiger partial charge in [-0.2, -0.15) is 0 Å². The van der Waals surface area contributed by atoms with Gasteiger partial charge in [-0.15, -0.1) is 0 Å². The maximum absolute atomic E-state index is 11.1. The maximum Gasteiger partial charge on any atom is 0.289 e. The van der Waals surface area contributed by atoms with Crippen LogP contribution in [0.2, 0.25) is 5.02 Å². The van der Waals surface area contributed by atoms with Gasteiger partial charge in [0.1, 0.15) is 53.9 Å². The Morgan fingerprint density at radius 2 is 1.64 bits per heavy atom. The largest absolute Gasteiger partial charge is 0.394 e. The van der Waals surface area contributed by atoms with E-state index in [0.717, 1.165) is 6.07 Å². The van der Waals surface area contributed by atoms with E-state index in [4.69, 9.17) is 25.8 Å². The highest BCUT2D eigenvalue weighted by Crippen LogP contribution is 2.32. The summed E-state index contributed by atoms with van der Waals surface area (Å²) in [5, 5.41) is 83.6. The monoisotopic (exact) mass is 496 g/mol. The molecule has 2 heterocycles. The number of ether oxygens (including phenoxy) is 3. The van der Waals surface area contributed by atoms with Crippen LogP contribution in [0.25, 0.3) is 0 Å². The van der Waals surface area contributed by atoms with Crippen molar-refractivity contribution in [3.8, 4) is 0 Å². The van der Waals surface area contributed by atoms with Crippen LogP contribution in [0.15, 0.2) is 18.2 Å². The summed E-state index contributed by atoms with van der Waals surface area (Å²) in [7, 11) is 0. The van der Waals surface area contributed by atoms with Crippen molar-refractivity contribution in [1.82, 2.24) is 0 Å². The Bertz CT molecular complexity index is 830. The van der Waals surface area contributed by atoms with Gasteiger partial charge in [0.25, 0.3) is 5.69 Å². The number of rotatable bonds is 7. The average molecular weight is 497 g/mol. The number of nitro benzene ring substituents is 1. The van der Waals surface area contributed by atoms with Crippen LogP contribution in [0, 0.1) is 10.1 Å². The Morgan fingerprint density at radius 3 is 2.24 bits per heavy atom. The van der Waals surface area contributed by atoms with Gasteiger partial charge < -0.3 is 55.3 Å². The van der Waals surface area contributed by atoms with Crippen molar-refractivity contribution in [3.63, 3.8) is 0 Å². The molecule has 15 heteroatoms. The number of nitrogens with one attached hydrogen (secondary N) is 1. The fraction of sp³-hybridized carbons (Fsp3) is 0.667. The number of nitrogens with zero attached hydrogens (tertiary/aromatic N) is 1. The number of hydrogen-bond donors (Lipinski definition) is 8. The van der Waals surface area contributed by atoms with Gasteiger partial charge in [0.05, 0.1) is 18.1 Å². The highest BCUT2D eigenvalue weighted by atomic mass is 35.5. The van der Waals surface area contributed by atoms with E-state index in [1.807, 2.05) is 0 Å². The molecule has 0 unspecified atom stereocenters. The van der Waals surface area contributed by atoms with Gasteiger partial charge in [-0.3, -0.25) is 10.1 Å². The van der Waals surface area contributed by atoms with Crippen LogP contribution in [0.1, 0.15) is 0 Å². The van der Waals surface area contributed by atoms with Gasteiger partial charge in [0.2, 0.25) is 0 Å². The van der Waals surface area contributed by atoms with Crippen LogP contribution in [-0.2, 0) is 14.2 Å². The van der Waals surface area contributed by atoms with Crippen molar-refractivity contribution in [2.24, 2.45) is 0 Å². The molecule has 0 amide bonds. The predicted octanol–water partition coefficient (Wildman–Crippen LogP) is -2.72. The molecular weight excluding hydrogens is 472 g/mol. The van der Waals surface area contributed by atoms with Gasteiger partial charge in [0.15, 0.2) is 12.5 Å². The molecule has 10 atom stereocenters. The van der Waals surface area contributed by atoms with Crippen molar-refractivity contribution in [2.45, 2.75) is 61.3 Å². The summed E-state index contributed by atoms with van der Waals surface area (Å²) in [5.74, 6) is 0. The SMILES string of the molecule is O=[N+]([O-])c1cc(N[C@@H]2O[C@H](CO)[C@@H](O[C@H]3O[C@@H](CO)[C@H](O)[C@@H](O)[C@@H]3O)[C@H](O)[C@@H]2O)ccc1Cl. The van der Waals surface area contributed by atoms with Crippen molar-refractivity contribution < 1.29 is 54.9 Å². The minimum Gasteiger partial charge on any atom is -0.394 e. The zero-order chi connectivity index (χ0) is 24.4. The lowest BCUT2D eigenvalue weighted by molar-refractivity contribution is -0.384. The van der Waals surface area contributed by atoms with Crippen LogP contribution in [0.4, 0.5) is 11.4 Å². The van der Waals surface area contributed by atoms with E-state index >= 15 is 0 Å². The number of anilines is 1. The van der Waals surface area contributed by atoms with Gasteiger partial charge >= 0.3 is 0 Å². The molecule has 0 radical (unpaired) electrons. The lowest BCUT2D eigenvalue weighted by Gasteiger charge is -2.46. The van der Waals surface area contributed by atoms with Crippen LogP contribution in [0.5, 0.6) is 0 Å². The summed E-state index contributed by atoms with van der Waals surface area (Å²) in [6.45, 7) is -1.43. The Morgan fingerprint density at radius 1 is 0.970 bits per heavy atom. The Balaban J connectivity index is 1.74. The highest BCUT2D eigenvalue weighted by molar-refractivity contribution is 6.32. The van der Waals surface area contributed by atoms with E-state index in [-0.39, 0.29) is 10.7 Å². The average Bonchev–Trinajstić information content (AvgIpc) is 2.79. The smallest absolute Gasteiger partial charge is 0.289 e. The van der Waals surface area contributed by atoms with Gasteiger partial charge in [-0.05, 0) is 12.1 Å². The van der Waals surface area contributed by atoms with Crippen molar-refractivity contribution in [1.29, 1.82) is 0 Å². The van der Waals surface area contributed by atoms with E-state index in [1.54, 1.807) is 0 Å². The molecular formula is C18H25ClN2O12. The standard InChI is InChI=1S/C18H25ClN2O12/c19-7-2-1-6(3-8(7)21(29)30)20-17-14(27)13(26)16(10(5-23)31-17)33-18-15(28)12(25)11(24)9(4-22)32-18/h1-3,9-18,20,22-28H,4-5H2/t9-,10+,11-,12+,13+,14-,15-,16+,17+,18+/m0/s1. The first-order valence-corrected chi connectivity index (χ1v) is 10.3. The van der Waals surface area contributed by atoms with Gasteiger partial charge in [-0.1, -0.05) is 11.6 Å². The van der Waals surface area contributed by atoms with Crippen molar-refractivity contribution >= 4 is 23.0 Å². The summed E-state index contributed by atoms with van der Waals surface area (Å²) < 4.78 is 16.2. The molecule has 2 saturated heterocycles. The molecule has 0 spiro atoms. The topological polar surface area (TPSA) is 224 Å². The predicted molar refractivity (Wildman–Crippen MR) is 108 cm³/mol. The minimum absolute atomic E-state index is 0.114. The first-order valence-electron chi connectivity index (χ1n) is 9.88. The number of nitro groups is 1. The summed E-state index contributed by atoms with van der Waals surface area (Å²) in [6.07, 6.45) is -15.6. The van der Waals surface area contributed by atoms with E-state index in [2.05, 4.69) is 5.32 Å². The normalized spacial score (nSPS) is 39.3. The number of halogens is 1. The molecule has 0 bridgehead atoms. The molecule has 33 heavy (non-hydrogen) atoms. The van der Waals surface area contributed by atoms with E-state index in [0.29, 0.717) is 0 Å². The summed E-state index contributed by atoms with van der Waals surface area (Å²) in [6, 6.07) is 3.72. The third-order valence-corrected chi connectivity index (χ3v) is 5.78. The Hall–Kier alpha value is -1.69. The third kappa shape index (κ3) is 5.36. The first kappa shape index (κ1) is 25.9. The summed E-state index contributed by atoms with van der Waals surface area (Å²) >= 11 is 5.77. The fourth-order valence-corrected chi connectivity index (χ4v) is 3.80. The Labute approximate surface area is 191 Å². The fourth-order valence-electron chi connectivity index (χ4n) is 3.62. The third-order valence-electron chi connectivity index (χ3n) is 5.46. The lowest BCUT2D eigenvalue weighted by atomic mass is 9.96. The van der Waals surface area contributed by atoms with Crippen LogP contribution in [-0.4, -0.2) is 115 Å². The molecule has 1 aromatic rings. The van der Waals surface area contributed by atoms with E-state index < -0.39 is 85.2 Å². The van der Waals surface area contributed by atoms with Crippen LogP contribution >= 0.6 is 11.6 Å². The minimum atomic E-state index is -1.78. The number of benzene rings is 1. The van der Waals surface area contributed by atoms with Gasteiger partial charge in [0, 0.05) is 11.8 Å². The molecule has 186 valence electrons. The van der Waals surface area contributed by atoms with Gasteiger partial charge in [-0.25, -0.2) is 0 Å². The molecule has 2 aliphatic rings. The molecule has 8 N–H and O–H groups in total. The molecule has 1 aromatic carbocycles. The highest BCUT2D eigenvalue weighted by Gasteiger charge is 2.50. The molecule has 2 aliphatic heterocycles. The number of aliphatic hydroxyl groups excluding tert-OH is 7. The number of hydrogen-bond acceptors (Lipinski definition) is 13. The molecule has 3 rings (SSSR count). The van der Waals surface area contributed by atoms with E-state index in [9.17, 15) is 45.9 Å². The summed E-state index contributed by atoms with van der Waals surface area (Å²) in [4.78, 5) is 10.4. The van der Waals surface area contributed by atoms with E-state index in [1.165, 1.54) is 12.1 Å². The Kier molecular flexibility index (Phi) is 8.41. The zero-order valence-corrected chi connectivity index (χ0v) is 17.7. The maximum atomic E-state index is 11.1. The van der Waals surface area contributed by atoms with Crippen molar-refractivity contribution in [3.05, 3.63) is 33.3 Å². The molecule has 2 fully saturated rings. The second kappa shape index (κ2) is 10.7. The zero-order valence-electron chi connectivity index (χ0n) is 16.9. The number of aliphatic hydroxyl groups is 7. The quantitative estimate of drug-likeness (QED) is 0.142. The first-order chi connectivity index (χ1) is 15.6. The molecule has 0 aliphatic carbocycles. The van der Waals surface area contributed by atoms with Crippen molar-refractivity contribution in [2.75, 3.05) is 18.5 Å². The second-order valence-corrected chi connectivity index (χ2v) is 8.03. The lowest BCUT2D eigenvalue weighted by Crippen LogP contribution is -2.65. The molecule has 0 aromatic heterocycles.